The normalized spacial score (nSPS) is 26.7. The topological polar surface area (TPSA) is 49.2 Å². The van der Waals surface area contributed by atoms with E-state index in [1.807, 2.05) is 0 Å². The van der Waals surface area contributed by atoms with E-state index in [4.69, 9.17) is 0 Å². The highest BCUT2D eigenvalue weighted by Crippen LogP contribution is 2.40. The molecular formula is C13H16F3N3O. The van der Waals surface area contributed by atoms with Gasteiger partial charge in [-0.1, -0.05) is 0 Å². The number of hydrogen-bond acceptors (Lipinski definition) is 4. The number of rotatable bonds is 1. The molecule has 0 spiro atoms. The lowest BCUT2D eigenvalue weighted by Crippen LogP contribution is -2.47. The van der Waals surface area contributed by atoms with E-state index in [-0.39, 0.29) is 13.0 Å². The van der Waals surface area contributed by atoms with Gasteiger partial charge in [-0.2, -0.15) is 13.2 Å². The Morgan fingerprint density at radius 3 is 2.65 bits per heavy atom. The zero-order chi connectivity index (χ0) is 14.4. The third-order valence-corrected chi connectivity index (χ3v) is 4.18. The van der Waals surface area contributed by atoms with E-state index in [2.05, 4.69) is 9.97 Å². The first-order chi connectivity index (χ1) is 9.41. The van der Waals surface area contributed by atoms with Gasteiger partial charge in [-0.05, 0) is 25.7 Å². The summed E-state index contributed by atoms with van der Waals surface area (Å²) in [5.41, 5.74) is -0.742. The molecule has 1 aliphatic heterocycles. The maximum absolute atomic E-state index is 12.9. The van der Waals surface area contributed by atoms with Crippen LogP contribution in [0, 0.1) is 0 Å². The Bertz CT molecular complexity index is 520. The predicted octanol–water partition coefficient (Wildman–Crippen LogP) is 1.86. The van der Waals surface area contributed by atoms with Gasteiger partial charge in [0, 0.05) is 24.2 Å². The smallest absolute Gasteiger partial charge is 0.379 e. The van der Waals surface area contributed by atoms with Crippen LogP contribution in [0.5, 0.6) is 0 Å². The Morgan fingerprint density at radius 1 is 1.20 bits per heavy atom. The second-order valence-corrected chi connectivity index (χ2v) is 5.53. The van der Waals surface area contributed by atoms with Crippen LogP contribution in [0.4, 0.5) is 19.0 Å². The molecule has 0 amide bonds. The number of anilines is 1. The highest BCUT2D eigenvalue weighted by atomic mass is 19.4. The molecule has 1 saturated heterocycles. The van der Waals surface area contributed by atoms with Crippen molar-refractivity contribution in [3.05, 3.63) is 17.6 Å². The zero-order valence-corrected chi connectivity index (χ0v) is 10.9. The Kier molecular flexibility index (Phi) is 3.12. The van der Waals surface area contributed by atoms with E-state index in [1.54, 1.807) is 4.90 Å². The maximum atomic E-state index is 12.9. The quantitative estimate of drug-likeness (QED) is 0.856. The van der Waals surface area contributed by atoms with Crippen LogP contribution in [-0.2, 0) is 12.8 Å². The number of aryl methyl sites for hydroxylation is 1. The van der Waals surface area contributed by atoms with Crippen molar-refractivity contribution in [2.45, 2.75) is 43.9 Å². The van der Waals surface area contributed by atoms with Crippen molar-refractivity contribution >= 4 is 5.82 Å². The van der Waals surface area contributed by atoms with Gasteiger partial charge in [0.2, 0.25) is 0 Å². The van der Waals surface area contributed by atoms with E-state index in [0.29, 0.717) is 5.82 Å². The summed E-state index contributed by atoms with van der Waals surface area (Å²) >= 11 is 0. The van der Waals surface area contributed by atoms with Crippen LogP contribution in [0.2, 0.25) is 0 Å². The van der Waals surface area contributed by atoms with Gasteiger partial charge in [0.25, 0.3) is 0 Å². The molecule has 1 aliphatic carbocycles. The largest absolute Gasteiger partial charge is 0.418 e. The monoisotopic (exact) mass is 287 g/mol. The molecule has 4 nitrogen and oxygen atoms in total. The molecule has 2 aliphatic rings. The molecular weight excluding hydrogens is 271 g/mol. The number of aromatic nitrogens is 2. The number of alkyl halides is 3. The minimum absolute atomic E-state index is 0.166. The van der Waals surface area contributed by atoms with Gasteiger partial charge in [-0.15, -0.1) is 0 Å². The lowest BCUT2D eigenvalue weighted by molar-refractivity contribution is -0.250. The van der Waals surface area contributed by atoms with Gasteiger partial charge in [-0.3, -0.25) is 0 Å². The molecule has 3 rings (SSSR count). The average Bonchev–Trinajstić information content (AvgIpc) is 2.81. The van der Waals surface area contributed by atoms with Crippen molar-refractivity contribution in [1.29, 1.82) is 0 Å². The van der Waals surface area contributed by atoms with Crippen molar-refractivity contribution < 1.29 is 18.3 Å². The minimum Gasteiger partial charge on any atom is -0.379 e. The third kappa shape index (κ3) is 2.13. The maximum Gasteiger partial charge on any atom is 0.418 e. The summed E-state index contributed by atoms with van der Waals surface area (Å²) in [6.45, 7) is -0.278. The molecule has 2 heterocycles. The fourth-order valence-corrected chi connectivity index (χ4v) is 2.98. The second kappa shape index (κ2) is 4.58. The van der Waals surface area contributed by atoms with E-state index < -0.39 is 18.3 Å². The third-order valence-electron chi connectivity index (χ3n) is 4.18. The summed E-state index contributed by atoms with van der Waals surface area (Å²) in [6.07, 6.45) is 0.198. The first-order valence-corrected chi connectivity index (χ1v) is 6.77. The van der Waals surface area contributed by atoms with E-state index in [9.17, 15) is 18.3 Å². The minimum atomic E-state index is -4.60. The van der Waals surface area contributed by atoms with Crippen molar-refractivity contribution in [3.8, 4) is 0 Å². The fourth-order valence-electron chi connectivity index (χ4n) is 2.98. The molecule has 1 aromatic rings. The van der Waals surface area contributed by atoms with Crippen molar-refractivity contribution in [3.63, 3.8) is 0 Å². The van der Waals surface area contributed by atoms with Gasteiger partial charge in [0.1, 0.15) is 12.1 Å². The Labute approximate surface area is 114 Å². The number of aliphatic hydroxyl groups is 1. The van der Waals surface area contributed by atoms with Crippen LogP contribution in [0.25, 0.3) is 0 Å². The molecule has 1 aromatic heterocycles. The number of nitrogens with zero attached hydrogens (tertiary/aromatic N) is 3. The van der Waals surface area contributed by atoms with E-state index in [0.717, 1.165) is 36.9 Å². The summed E-state index contributed by atoms with van der Waals surface area (Å²) in [4.78, 5) is 9.91. The van der Waals surface area contributed by atoms with Crippen molar-refractivity contribution in [1.82, 2.24) is 9.97 Å². The van der Waals surface area contributed by atoms with Gasteiger partial charge in [0.15, 0.2) is 5.60 Å². The van der Waals surface area contributed by atoms with Gasteiger partial charge in [0.05, 0.1) is 6.54 Å². The molecule has 1 unspecified atom stereocenters. The summed E-state index contributed by atoms with van der Waals surface area (Å²) in [5.74, 6) is 0.565. The Hall–Kier alpha value is -1.37. The van der Waals surface area contributed by atoms with Crippen LogP contribution >= 0.6 is 0 Å². The lowest BCUT2D eigenvalue weighted by atomic mass is 9.96. The summed E-state index contributed by atoms with van der Waals surface area (Å²) < 4.78 is 38.6. The van der Waals surface area contributed by atoms with Crippen LogP contribution in [0.1, 0.15) is 30.5 Å². The Balaban J connectivity index is 1.89. The highest BCUT2D eigenvalue weighted by Gasteiger charge is 2.57. The van der Waals surface area contributed by atoms with Crippen LogP contribution in [0.15, 0.2) is 6.33 Å². The molecule has 110 valence electrons. The molecule has 0 bridgehead atoms. The Morgan fingerprint density at radius 2 is 1.95 bits per heavy atom. The zero-order valence-electron chi connectivity index (χ0n) is 10.9. The van der Waals surface area contributed by atoms with Crippen LogP contribution in [0.3, 0.4) is 0 Å². The number of hydrogen-bond donors (Lipinski definition) is 1. The molecule has 0 radical (unpaired) electrons. The first kappa shape index (κ1) is 13.6. The number of β-amino-alcohol motifs (C(OH)–C–C–N with tert-alkyl or cyclic N) is 1. The highest BCUT2D eigenvalue weighted by molar-refractivity contribution is 5.51. The van der Waals surface area contributed by atoms with Crippen LogP contribution < -0.4 is 4.90 Å². The lowest BCUT2D eigenvalue weighted by Gasteiger charge is -2.28. The van der Waals surface area contributed by atoms with Crippen molar-refractivity contribution in [2.24, 2.45) is 0 Å². The molecule has 7 heteroatoms. The molecule has 1 N–H and O–H groups in total. The fraction of sp³-hybridized carbons (Fsp3) is 0.692. The van der Waals surface area contributed by atoms with E-state index >= 15 is 0 Å². The van der Waals surface area contributed by atoms with Gasteiger partial charge < -0.3 is 10.0 Å². The van der Waals surface area contributed by atoms with E-state index in [1.165, 1.54) is 6.33 Å². The van der Waals surface area contributed by atoms with Gasteiger partial charge in [-0.25, -0.2) is 9.97 Å². The molecule has 20 heavy (non-hydrogen) atoms. The average molecular weight is 287 g/mol. The number of fused-ring (bicyclic) bond motifs is 1. The second-order valence-electron chi connectivity index (χ2n) is 5.53. The molecule has 0 aromatic carbocycles. The van der Waals surface area contributed by atoms with Crippen LogP contribution in [-0.4, -0.2) is 39.9 Å². The number of halogens is 3. The standard InChI is InChI=1S/C13H16F3N3O/c14-13(15,16)12(20)5-6-19(7-12)11-9-3-1-2-4-10(9)17-8-18-11/h8,20H,1-7H2. The first-order valence-electron chi connectivity index (χ1n) is 6.77. The predicted molar refractivity (Wildman–Crippen MR) is 66.5 cm³/mol. The molecule has 1 fully saturated rings. The molecule has 0 saturated carbocycles. The SMILES string of the molecule is OC1(C(F)(F)F)CCN(c2ncnc3c2CCCC3)C1. The summed E-state index contributed by atoms with van der Waals surface area (Å²) in [5, 5.41) is 9.75. The van der Waals surface area contributed by atoms with Gasteiger partial charge >= 0.3 is 6.18 Å². The summed E-state index contributed by atoms with van der Waals surface area (Å²) in [6, 6.07) is 0. The summed E-state index contributed by atoms with van der Waals surface area (Å²) in [7, 11) is 0. The molecule has 1 atom stereocenters. The van der Waals surface area contributed by atoms with Crippen molar-refractivity contribution in [2.75, 3.05) is 18.0 Å².